The number of aliphatic hydroxyl groups excluding tert-OH is 1. The average Bonchev–Trinajstić information content (AvgIpc) is 3.36. The molecule has 0 spiro atoms. The number of carbonyl (C=O) groups is 3. The van der Waals surface area contributed by atoms with Gasteiger partial charge in [-0.2, -0.15) is 0 Å². The Kier molecular flexibility index (Phi) is 6.89. The van der Waals surface area contributed by atoms with E-state index in [-0.39, 0.29) is 22.2 Å². The van der Waals surface area contributed by atoms with E-state index in [0.717, 1.165) is 16.2 Å². The number of aliphatic hydroxyl groups is 1. The number of aromatic nitrogens is 1. The maximum absolute atomic E-state index is 13.7. The van der Waals surface area contributed by atoms with Crippen molar-refractivity contribution in [3.05, 3.63) is 81.1 Å². The van der Waals surface area contributed by atoms with Crippen LogP contribution in [0.2, 0.25) is 0 Å². The van der Waals surface area contributed by atoms with Gasteiger partial charge in [0.15, 0.2) is 5.13 Å². The van der Waals surface area contributed by atoms with Gasteiger partial charge < -0.3 is 14.6 Å². The number of aryl methyl sites for hydroxylation is 2. The Balaban J connectivity index is 1.91. The molecular formula is C26H23FN2O6S. The average molecular weight is 511 g/mol. The van der Waals surface area contributed by atoms with Crippen LogP contribution in [0.3, 0.4) is 0 Å². The highest BCUT2D eigenvalue weighted by Crippen LogP contribution is 2.44. The van der Waals surface area contributed by atoms with Gasteiger partial charge in [0.05, 0.1) is 31.0 Å². The maximum Gasteiger partial charge on any atom is 0.350 e. The molecule has 1 N–H and O–H groups in total. The third-order valence-electron chi connectivity index (χ3n) is 5.75. The normalized spacial score (nSPS) is 16.9. The fourth-order valence-electron chi connectivity index (χ4n) is 4.04. The highest BCUT2D eigenvalue weighted by molar-refractivity contribution is 7.17. The third kappa shape index (κ3) is 4.35. The van der Waals surface area contributed by atoms with Gasteiger partial charge in [0.1, 0.15) is 22.2 Å². The van der Waals surface area contributed by atoms with Crippen molar-refractivity contribution >= 4 is 39.9 Å². The second-order valence-corrected chi connectivity index (χ2v) is 9.01. The molecule has 1 aliphatic rings. The topological polar surface area (TPSA) is 106 Å². The molecule has 36 heavy (non-hydrogen) atoms. The third-order valence-corrected chi connectivity index (χ3v) is 6.89. The highest BCUT2D eigenvalue weighted by atomic mass is 32.1. The number of methoxy groups -OCH3 is 1. The van der Waals surface area contributed by atoms with Crippen molar-refractivity contribution in [2.24, 2.45) is 0 Å². The molecule has 1 aliphatic heterocycles. The number of halogens is 1. The molecule has 2 heterocycles. The molecule has 0 bridgehead atoms. The van der Waals surface area contributed by atoms with E-state index in [1.165, 1.54) is 31.4 Å². The number of ketones is 1. The van der Waals surface area contributed by atoms with Crippen molar-refractivity contribution in [2.75, 3.05) is 18.6 Å². The van der Waals surface area contributed by atoms with E-state index in [2.05, 4.69) is 4.98 Å². The summed E-state index contributed by atoms with van der Waals surface area (Å²) in [5, 5.41) is 11.3. The summed E-state index contributed by atoms with van der Waals surface area (Å²) < 4.78 is 24.0. The van der Waals surface area contributed by atoms with E-state index in [4.69, 9.17) is 9.47 Å². The zero-order valence-electron chi connectivity index (χ0n) is 20.0. The first-order valence-corrected chi connectivity index (χ1v) is 11.9. The number of thiazole rings is 1. The summed E-state index contributed by atoms with van der Waals surface area (Å²) in [5.41, 5.74) is 1.55. The second-order valence-electron chi connectivity index (χ2n) is 8.04. The summed E-state index contributed by atoms with van der Waals surface area (Å²) in [4.78, 5) is 44.6. The van der Waals surface area contributed by atoms with E-state index >= 15 is 0 Å². The van der Waals surface area contributed by atoms with Gasteiger partial charge >= 0.3 is 11.9 Å². The number of Topliss-reactive ketones (excluding diaryl/α,β-unsaturated/α-hetero) is 1. The van der Waals surface area contributed by atoms with Gasteiger partial charge in [-0.15, -0.1) is 0 Å². The molecule has 186 valence electrons. The van der Waals surface area contributed by atoms with Crippen LogP contribution < -0.4 is 9.64 Å². The van der Waals surface area contributed by atoms with Crippen molar-refractivity contribution in [1.29, 1.82) is 0 Å². The van der Waals surface area contributed by atoms with E-state index in [1.807, 2.05) is 0 Å². The van der Waals surface area contributed by atoms with Gasteiger partial charge in [-0.1, -0.05) is 23.5 Å². The van der Waals surface area contributed by atoms with Crippen molar-refractivity contribution in [2.45, 2.75) is 26.8 Å². The maximum atomic E-state index is 13.7. The molecule has 8 nitrogen and oxygen atoms in total. The number of anilines is 1. The predicted octanol–water partition coefficient (Wildman–Crippen LogP) is 4.71. The Labute approximate surface area is 210 Å². The Hall–Kier alpha value is -4.05. The minimum atomic E-state index is -1.10. The number of hydrogen-bond acceptors (Lipinski definition) is 8. The Morgan fingerprint density at radius 1 is 1.17 bits per heavy atom. The number of benzene rings is 2. The number of esters is 1. The van der Waals surface area contributed by atoms with E-state index in [1.54, 1.807) is 39.0 Å². The first-order valence-electron chi connectivity index (χ1n) is 11.0. The van der Waals surface area contributed by atoms with Gasteiger partial charge in [-0.05, 0) is 62.2 Å². The lowest BCUT2D eigenvalue weighted by Gasteiger charge is -2.23. The molecule has 1 saturated heterocycles. The molecule has 1 aromatic heterocycles. The molecule has 1 unspecified atom stereocenters. The van der Waals surface area contributed by atoms with Crippen LogP contribution in [0.4, 0.5) is 9.52 Å². The Morgan fingerprint density at radius 3 is 2.47 bits per heavy atom. The van der Waals surface area contributed by atoms with Crippen LogP contribution in [0, 0.1) is 19.7 Å². The molecule has 1 amide bonds. The SMILES string of the molecule is CCOC(=O)c1sc(N2C(=O)C(=O)C(=C(O)c3ccc(OC)c(C)c3)C2c2ccc(F)cc2)nc1C. The van der Waals surface area contributed by atoms with Gasteiger partial charge in [0, 0.05) is 5.56 Å². The van der Waals surface area contributed by atoms with Crippen molar-refractivity contribution in [3.63, 3.8) is 0 Å². The number of hydrogen-bond donors (Lipinski definition) is 1. The van der Waals surface area contributed by atoms with Crippen LogP contribution >= 0.6 is 11.3 Å². The standard InChI is InChI=1S/C26H23FN2O6S/c1-5-35-25(33)23-14(3)28-26(36-23)29-20(15-6-9-17(27)10-7-15)19(22(31)24(29)32)21(30)16-8-11-18(34-4)13(2)12-16/h6-12,20,30H,5H2,1-4H3. The smallest absolute Gasteiger partial charge is 0.350 e. The van der Waals surface area contributed by atoms with Crippen LogP contribution in [0.25, 0.3) is 5.76 Å². The van der Waals surface area contributed by atoms with Crippen LogP contribution in [-0.2, 0) is 14.3 Å². The predicted molar refractivity (Wildman–Crippen MR) is 132 cm³/mol. The van der Waals surface area contributed by atoms with Crippen LogP contribution in [-0.4, -0.2) is 41.5 Å². The van der Waals surface area contributed by atoms with Crippen LogP contribution in [0.5, 0.6) is 5.75 Å². The first kappa shape index (κ1) is 25.1. The molecule has 1 fully saturated rings. The molecule has 4 rings (SSSR count). The molecular weight excluding hydrogens is 487 g/mol. The number of rotatable bonds is 6. The number of nitrogens with zero attached hydrogens (tertiary/aromatic N) is 2. The lowest BCUT2D eigenvalue weighted by molar-refractivity contribution is -0.132. The van der Waals surface area contributed by atoms with Crippen molar-refractivity contribution in [1.82, 2.24) is 4.98 Å². The summed E-state index contributed by atoms with van der Waals surface area (Å²) in [6.07, 6.45) is 0. The summed E-state index contributed by atoms with van der Waals surface area (Å²) in [6.45, 7) is 5.20. The van der Waals surface area contributed by atoms with E-state index in [9.17, 15) is 23.9 Å². The minimum Gasteiger partial charge on any atom is -0.507 e. The van der Waals surface area contributed by atoms with Crippen LogP contribution in [0.1, 0.15) is 45.0 Å². The fraction of sp³-hybridized carbons (Fsp3) is 0.231. The number of carbonyl (C=O) groups excluding carboxylic acids is 3. The van der Waals surface area contributed by atoms with Gasteiger partial charge in [-0.25, -0.2) is 14.2 Å². The zero-order chi connectivity index (χ0) is 26.1. The fourth-order valence-corrected chi connectivity index (χ4v) is 5.03. The molecule has 10 heteroatoms. The van der Waals surface area contributed by atoms with E-state index in [0.29, 0.717) is 28.1 Å². The lowest BCUT2D eigenvalue weighted by Crippen LogP contribution is -2.29. The second kappa shape index (κ2) is 9.90. The molecule has 0 radical (unpaired) electrons. The van der Waals surface area contributed by atoms with Gasteiger partial charge in [-0.3, -0.25) is 14.5 Å². The molecule has 1 atom stereocenters. The largest absolute Gasteiger partial charge is 0.507 e. The summed E-state index contributed by atoms with van der Waals surface area (Å²) >= 11 is 0.902. The zero-order valence-corrected chi connectivity index (χ0v) is 20.8. The van der Waals surface area contributed by atoms with Crippen molar-refractivity contribution < 1.29 is 33.4 Å². The Morgan fingerprint density at radius 2 is 1.86 bits per heavy atom. The molecule has 0 saturated carbocycles. The molecule has 2 aromatic carbocycles. The van der Waals surface area contributed by atoms with Crippen molar-refractivity contribution in [3.8, 4) is 5.75 Å². The highest BCUT2D eigenvalue weighted by Gasteiger charge is 2.48. The van der Waals surface area contributed by atoms with E-state index < -0.39 is 35.3 Å². The van der Waals surface area contributed by atoms with Crippen LogP contribution in [0.15, 0.2) is 48.0 Å². The quantitative estimate of drug-likeness (QED) is 0.222. The minimum absolute atomic E-state index is 0.0805. The summed E-state index contributed by atoms with van der Waals surface area (Å²) in [6, 6.07) is 9.00. The molecule has 0 aliphatic carbocycles. The summed E-state index contributed by atoms with van der Waals surface area (Å²) in [5.74, 6) is -2.76. The number of amides is 1. The number of ether oxygens (including phenoxy) is 2. The molecule has 3 aromatic rings. The summed E-state index contributed by atoms with van der Waals surface area (Å²) in [7, 11) is 1.52. The Bertz CT molecular complexity index is 1400. The first-order chi connectivity index (χ1) is 17.2. The van der Waals surface area contributed by atoms with Gasteiger partial charge in [0.25, 0.3) is 5.78 Å². The lowest BCUT2D eigenvalue weighted by atomic mass is 9.95. The van der Waals surface area contributed by atoms with Gasteiger partial charge in [0.2, 0.25) is 0 Å². The monoisotopic (exact) mass is 510 g/mol.